The molecule has 0 saturated carbocycles. The summed E-state index contributed by atoms with van der Waals surface area (Å²) in [7, 11) is 0. The number of nitrogens with two attached hydrogens (primary N) is 2. The highest BCUT2D eigenvalue weighted by Crippen LogP contribution is 1.96. The van der Waals surface area contributed by atoms with E-state index in [0.29, 0.717) is 6.42 Å². The zero-order valence-electron chi connectivity index (χ0n) is 10.6. The van der Waals surface area contributed by atoms with E-state index in [-0.39, 0.29) is 12.3 Å². The summed E-state index contributed by atoms with van der Waals surface area (Å²) in [6.45, 7) is 1.63. The van der Waals surface area contributed by atoms with Crippen LogP contribution in [0.25, 0.3) is 0 Å². The van der Waals surface area contributed by atoms with E-state index in [1.807, 2.05) is 0 Å². The first-order chi connectivity index (χ1) is 8.87. The first-order valence-electron chi connectivity index (χ1n) is 5.77. The Morgan fingerprint density at radius 3 is 2.11 bits per heavy atom. The zero-order chi connectivity index (χ0) is 15.0. The summed E-state index contributed by atoms with van der Waals surface area (Å²) in [6, 6.07) is -2.86. The van der Waals surface area contributed by atoms with Crippen LogP contribution >= 0.6 is 12.6 Å². The molecule has 0 saturated heterocycles. The summed E-state index contributed by atoms with van der Waals surface area (Å²) in [4.78, 5) is 34.1. The van der Waals surface area contributed by atoms with Crippen molar-refractivity contribution >= 4 is 30.4 Å². The molecule has 0 aliphatic heterocycles. The molecule has 0 bridgehead atoms. The van der Waals surface area contributed by atoms with Gasteiger partial charge in [0.15, 0.2) is 0 Å². The maximum Gasteiger partial charge on any atom is 0.327 e. The van der Waals surface area contributed by atoms with Crippen LogP contribution in [0.3, 0.4) is 0 Å². The van der Waals surface area contributed by atoms with Gasteiger partial charge < -0.3 is 27.2 Å². The second kappa shape index (κ2) is 8.73. The smallest absolute Gasteiger partial charge is 0.327 e. The number of rotatable bonds is 8. The lowest BCUT2D eigenvalue weighted by Gasteiger charge is -2.20. The molecule has 0 rings (SSSR count). The quantitative estimate of drug-likeness (QED) is 0.276. The van der Waals surface area contributed by atoms with Gasteiger partial charge in [0.2, 0.25) is 11.8 Å². The van der Waals surface area contributed by atoms with Gasteiger partial charge in [0.25, 0.3) is 0 Å². The van der Waals surface area contributed by atoms with E-state index in [2.05, 4.69) is 23.3 Å². The molecule has 0 aliphatic carbocycles. The fourth-order valence-corrected chi connectivity index (χ4v) is 1.44. The minimum Gasteiger partial charge on any atom is -0.480 e. The predicted octanol–water partition coefficient (Wildman–Crippen LogP) is -2.33. The summed E-state index contributed by atoms with van der Waals surface area (Å²) >= 11 is 3.83. The number of amides is 2. The molecule has 0 aromatic rings. The fourth-order valence-electron chi connectivity index (χ4n) is 1.20. The second-order valence-corrected chi connectivity index (χ2v) is 4.26. The minimum atomic E-state index is -1.19. The highest BCUT2D eigenvalue weighted by atomic mass is 32.1. The van der Waals surface area contributed by atoms with Gasteiger partial charge >= 0.3 is 5.97 Å². The summed E-state index contributed by atoms with van der Waals surface area (Å²) < 4.78 is 0. The molecule has 0 radical (unpaired) electrons. The van der Waals surface area contributed by atoms with Crippen molar-refractivity contribution < 1.29 is 19.5 Å². The van der Waals surface area contributed by atoms with Gasteiger partial charge in [0, 0.05) is 12.3 Å². The van der Waals surface area contributed by atoms with Crippen LogP contribution in [0.15, 0.2) is 0 Å². The third-order valence-electron chi connectivity index (χ3n) is 2.43. The van der Waals surface area contributed by atoms with E-state index in [9.17, 15) is 14.4 Å². The fraction of sp³-hybridized carbons (Fsp3) is 0.700. The lowest BCUT2D eigenvalue weighted by Crippen LogP contribution is -2.55. The van der Waals surface area contributed by atoms with E-state index in [1.54, 1.807) is 6.92 Å². The van der Waals surface area contributed by atoms with Crippen molar-refractivity contribution in [3.05, 3.63) is 0 Å². The highest BCUT2D eigenvalue weighted by Gasteiger charge is 2.25. The van der Waals surface area contributed by atoms with Gasteiger partial charge in [-0.05, 0) is 6.42 Å². The Morgan fingerprint density at radius 1 is 1.21 bits per heavy atom. The number of carboxylic acid groups (broad SMARTS) is 1. The first kappa shape index (κ1) is 17.7. The van der Waals surface area contributed by atoms with Gasteiger partial charge in [-0.15, -0.1) is 0 Å². The Kier molecular flexibility index (Phi) is 8.12. The van der Waals surface area contributed by atoms with Gasteiger partial charge in [-0.2, -0.15) is 12.6 Å². The third-order valence-corrected chi connectivity index (χ3v) is 2.79. The van der Waals surface area contributed by atoms with Gasteiger partial charge in [0.1, 0.15) is 12.1 Å². The molecule has 3 unspecified atom stereocenters. The van der Waals surface area contributed by atoms with Crippen LogP contribution in [0, 0.1) is 0 Å². The average Bonchev–Trinajstić information content (AvgIpc) is 2.39. The highest BCUT2D eigenvalue weighted by molar-refractivity contribution is 7.80. The number of nitrogens with one attached hydrogen (secondary N) is 2. The number of carbonyl (C=O) groups excluding carboxylic acids is 2. The van der Waals surface area contributed by atoms with E-state index in [4.69, 9.17) is 16.6 Å². The lowest BCUT2D eigenvalue weighted by molar-refractivity contribution is -0.141. The maximum absolute atomic E-state index is 11.8. The minimum absolute atomic E-state index is 0.0434. The predicted molar refractivity (Wildman–Crippen MR) is 72.7 cm³/mol. The van der Waals surface area contributed by atoms with Gasteiger partial charge in [0.05, 0.1) is 6.04 Å². The third kappa shape index (κ3) is 5.90. The van der Waals surface area contributed by atoms with Crippen molar-refractivity contribution in [1.29, 1.82) is 0 Å². The Labute approximate surface area is 116 Å². The summed E-state index contributed by atoms with van der Waals surface area (Å²) in [5.41, 5.74) is 10.7. The molecule has 0 aliphatic rings. The lowest BCUT2D eigenvalue weighted by atomic mass is 10.1. The van der Waals surface area contributed by atoms with Crippen molar-refractivity contribution in [3.8, 4) is 0 Å². The molecule has 0 aromatic heterocycles. The first-order valence-corrected chi connectivity index (χ1v) is 6.40. The molecule has 8 nitrogen and oxygen atoms in total. The number of aliphatic carboxylic acids is 1. The molecule has 0 heterocycles. The topological polar surface area (TPSA) is 148 Å². The molecule has 7 N–H and O–H groups in total. The number of hydrogen-bond acceptors (Lipinski definition) is 6. The van der Waals surface area contributed by atoms with E-state index >= 15 is 0 Å². The van der Waals surface area contributed by atoms with Gasteiger partial charge in [-0.25, -0.2) is 4.79 Å². The molecule has 19 heavy (non-hydrogen) atoms. The van der Waals surface area contributed by atoms with Crippen LogP contribution in [-0.4, -0.2) is 53.3 Å². The molecular weight excluding hydrogens is 272 g/mol. The van der Waals surface area contributed by atoms with Crippen molar-refractivity contribution in [3.63, 3.8) is 0 Å². The standard InChI is InChI=1S/C10H20N4O4S/c1-2-6(13-8(15)5(12)3-11)9(16)14-7(4-19)10(17)18/h5-7,19H,2-4,11-12H2,1H3,(H,13,15)(H,14,16)(H,17,18). The zero-order valence-corrected chi connectivity index (χ0v) is 11.5. The van der Waals surface area contributed by atoms with Crippen molar-refractivity contribution in [2.24, 2.45) is 11.5 Å². The monoisotopic (exact) mass is 292 g/mol. The van der Waals surface area contributed by atoms with Crippen molar-refractivity contribution in [2.45, 2.75) is 31.5 Å². The number of hydrogen-bond donors (Lipinski definition) is 6. The van der Waals surface area contributed by atoms with Gasteiger partial charge in [-0.1, -0.05) is 6.92 Å². The molecule has 2 amide bonds. The van der Waals surface area contributed by atoms with Crippen LogP contribution in [0.1, 0.15) is 13.3 Å². The largest absolute Gasteiger partial charge is 0.480 e. The van der Waals surface area contributed by atoms with Crippen LogP contribution in [0.5, 0.6) is 0 Å². The van der Waals surface area contributed by atoms with Crippen molar-refractivity contribution in [2.75, 3.05) is 12.3 Å². The van der Waals surface area contributed by atoms with Gasteiger partial charge in [-0.3, -0.25) is 9.59 Å². The van der Waals surface area contributed by atoms with E-state index < -0.39 is 35.9 Å². The molecule has 0 fully saturated rings. The SMILES string of the molecule is CCC(NC(=O)C(N)CN)C(=O)NC(CS)C(=O)O. The Morgan fingerprint density at radius 2 is 1.74 bits per heavy atom. The second-order valence-electron chi connectivity index (χ2n) is 3.89. The molecule has 0 aromatic carbocycles. The number of carbonyl (C=O) groups is 3. The molecular formula is C10H20N4O4S. The van der Waals surface area contributed by atoms with Crippen LogP contribution in [0.4, 0.5) is 0 Å². The summed E-state index contributed by atoms with van der Waals surface area (Å²) in [6.07, 6.45) is 0.299. The maximum atomic E-state index is 11.8. The number of carboxylic acids is 1. The Balaban J connectivity index is 4.56. The number of thiol groups is 1. The molecule has 0 spiro atoms. The molecule has 3 atom stereocenters. The molecule has 110 valence electrons. The summed E-state index contributed by atoms with van der Waals surface area (Å²) in [5, 5.41) is 13.5. The van der Waals surface area contributed by atoms with Crippen LogP contribution in [-0.2, 0) is 14.4 Å². The van der Waals surface area contributed by atoms with E-state index in [1.165, 1.54) is 0 Å². The van der Waals surface area contributed by atoms with Crippen LogP contribution < -0.4 is 22.1 Å². The van der Waals surface area contributed by atoms with Crippen LogP contribution in [0.2, 0.25) is 0 Å². The van der Waals surface area contributed by atoms with E-state index in [0.717, 1.165) is 0 Å². The molecule has 9 heteroatoms. The Hall–Kier alpha value is -1.32. The van der Waals surface area contributed by atoms with Crippen molar-refractivity contribution in [1.82, 2.24) is 10.6 Å². The Bertz CT molecular complexity index is 339. The average molecular weight is 292 g/mol. The summed E-state index contributed by atoms with van der Waals surface area (Å²) in [5.74, 6) is -2.39. The normalized spacial score (nSPS) is 15.2.